The lowest BCUT2D eigenvalue weighted by Crippen LogP contribution is -2.13. The SMILES string of the molecule is CCOc1ccc(C(=O)Nc2ccc(Cl)c(Cl)c2)cc1COc1cccc2ccccc12. The Balaban J connectivity index is 1.57. The summed E-state index contributed by atoms with van der Waals surface area (Å²) < 4.78 is 11.9. The van der Waals surface area contributed by atoms with E-state index in [0.29, 0.717) is 33.7 Å². The van der Waals surface area contributed by atoms with Gasteiger partial charge in [-0.1, -0.05) is 59.6 Å². The number of hydrogen-bond donors (Lipinski definition) is 1. The molecule has 0 aliphatic rings. The van der Waals surface area contributed by atoms with Gasteiger partial charge in [-0.05, 0) is 54.8 Å². The highest BCUT2D eigenvalue weighted by Gasteiger charge is 2.13. The molecule has 0 atom stereocenters. The van der Waals surface area contributed by atoms with Crippen molar-refractivity contribution >= 4 is 45.6 Å². The van der Waals surface area contributed by atoms with Crippen LogP contribution in [0.15, 0.2) is 78.9 Å². The van der Waals surface area contributed by atoms with Gasteiger partial charge in [0.2, 0.25) is 0 Å². The van der Waals surface area contributed by atoms with Crippen molar-refractivity contribution in [1.29, 1.82) is 0 Å². The molecule has 4 aromatic rings. The minimum atomic E-state index is -0.266. The van der Waals surface area contributed by atoms with Gasteiger partial charge in [-0.15, -0.1) is 0 Å². The normalized spacial score (nSPS) is 10.7. The van der Waals surface area contributed by atoms with E-state index in [9.17, 15) is 4.79 Å². The van der Waals surface area contributed by atoms with Crippen molar-refractivity contribution in [1.82, 2.24) is 0 Å². The zero-order valence-electron chi connectivity index (χ0n) is 17.4. The van der Waals surface area contributed by atoms with Crippen LogP contribution in [0.4, 0.5) is 5.69 Å². The first-order chi connectivity index (χ1) is 15.5. The van der Waals surface area contributed by atoms with Crippen LogP contribution in [0.1, 0.15) is 22.8 Å². The van der Waals surface area contributed by atoms with Crippen molar-refractivity contribution < 1.29 is 14.3 Å². The Morgan fingerprint density at radius 1 is 0.844 bits per heavy atom. The molecule has 1 N–H and O–H groups in total. The smallest absolute Gasteiger partial charge is 0.255 e. The Kier molecular flexibility index (Phi) is 6.84. The molecule has 0 aromatic heterocycles. The van der Waals surface area contributed by atoms with E-state index in [4.69, 9.17) is 32.7 Å². The molecule has 0 spiro atoms. The van der Waals surface area contributed by atoms with Crippen LogP contribution >= 0.6 is 23.2 Å². The molecular weight excluding hydrogens is 445 g/mol. The number of carbonyl (C=O) groups is 1. The number of amides is 1. The van der Waals surface area contributed by atoms with Crippen molar-refractivity contribution in [3.8, 4) is 11.5 Å². The van der Waals surface area contributed by atoms with Crippen LogP contribution in [0.3, 0.4) is 0 Å². The van der Waals surface area contributed by atoms with Gasteiger partial charge in [-0.25, -0.2) is 0 Å². The maximum absolute atomic E-state index is 12.8. The third-order valence-electron chi connectivity index (χ3n) is 4.93. The fraction of sp³-hybridized carbons (Fsp3) is 0.115. The minimum Gasteiger partial charge on any atom is -0.493 e. The highest BCUT2D eigenvalue weighted by Crippen LogP contribution is 2.29. The number of fused-ring (bicyclic) bond motifs is 1. The summed E-state index contributed by atoms with van der Waals surface area (Å²) >= 11 is 12.0. The summed E-state index contributed by atoms with van der Waals surface area (Å²) in [7, 11) is 0. The first-order valence-electron chi connectivity index (χ1n) is 10.2. The van der Waals surface area contributed by atoms with Gasteiger partial charge in [0.05, 0.1) is 16.7 Å². The molecule has 0 aliphatic carbocycles. The molecule has 0 heterocycles. The Bertz CT molecular complexity index is 1270. The van der Waals surface area contributed by atoms with E-state index < -0.39 is 0 Å². The molecule has 32 heavy (non-hydrogen) atoms. The Labute approximate surface area is 196 Å². The van der Waals surface area contributed by atoms with E-state index in [2.05, 4.69) is 5.32 Å². The van der Waals surface area contributed by atoms with Crippen molar-refractivity contribution in [2.75, 3.05) is 11.9 Å². The fourth-order valence-corrected chi connectivity index (χ4v) is 3.68. The summed E-state index contributed by atoms with van der Waals surface area (Å²) in [4.78, 5) is 12.8. The monoisotopic (exact) mass is 465 g/mol. The molecule has 0 fully saturated rings. The average Bonchev–Trinajstić information content (AvgIpc) is 2.81. The molecule has 162 valence electrons. The van der Waals surface area contributed by atoms with Gasteiger partial charge in [0.1, 0.15) is 18.1 Å². The van der Waals surface area contributed by atoms with Crippen molar-refractivity contribution in [3.05, 3.63) is 100 Å². The van der Waals surface area contributed by atoms with E-state index in [-0.39, 0.29) is 12.5 Å². The molecule has 0 saturated heterocycles. The number of ether oxygens (including phenoxy) is 2. The number of benzene rings is 4. The lowest BCUT2D eigenvalue weighted by molar-refractivity contribution is 0.102. The van der Waals surface area contributed by atoms with Crippen LogP contribution in [0.25, 0.3) is 10.8 Å². The zero-order valence-corrected chi connectivity index (χ0v) is 18.9. The number of nitrogens with one attached hydrogen (secondary N) is 1. The van der Waals surface area contributed by atoms with E-state index in [1.54, 1.807) is 36.4 Å². The second-order valence-corrected chi connectivity index (χ2v) is 7.92. The highest BCUT2D eigenvalue weighted by atomic mass is 35.5. The van der Waals surface area contributed by atoms with Gasteiger partial charge < -0.3 is 14.8 Å². The van der Waals surface area contributed by atoms with Gasteiger partial charge >= 0.3 is 0 Å². The van der Waals surface area contributed by atoms with Crippen LogP contribution in [0.5, 0.6) is 11.5 Å². The van der Waals surface area contributed by atoms with Crippen molar-refractivity contribution in [2.24, 2.45) is 0 Å². The predicted molar refractivity (Wildman–Crippen MR) is 130 cm³/mol. The molecule has 0 radical (unpaired) electrons. The first-order valence-corrected chi connectivity index (χ1v) is 10.9. The van der Waals surface area contributed by atoms with Gasteiger partial charge in [0.25, 0.3) is 5.91 Å². The van der Waals surface area contributed by atoms with Crippen molar-refractivity contribution in [3.63, 3.8) is 0 Å². The molecule has 0 aliphatic heterocycles. The maximum Gasteiger partial charge on any atom is 0.255 e. The largest absolute Gasteiger partial charge is 0.493 e. The maximum atomic E-state index is 12.8. The summed E-state index contributed by atoms with van der Waals surface area (Å²) in [5.41, 5.74) is 1.82. The Morgan fingerprint density at radius 2 is 1.66 bits per heavy atom. The number of rotatable bonds is 7. The molecule has 4 aromatic carbocycles. The van der Waals surface area contributed by atoms with Gasteiger partial charge in [0, 0.05) is 22.2 Å². The van der Waals surface area contributed by atoms with E-state index in [1.165, 1.54) is 0 Å². The molecule has 4 nitrogen and oxygen atoms in total. The lowest BCUT2D eigenvalue weighted by atomic mass is 10.1. The topological polar surface area (TPSA) is 47.6 Å². The van der Waals surface area contributed by atoms with E-state index >= 15 is 0 Å². The summed E-state index contributed by atoms with van der Waals surface area (Å²) in [6.45, 7) is 2.69. The third kappa shape index (κ3) is 4.98. The van der Waals surface area contributed by atoms with Gasteiger partial charge in [-0.2, -0.15) is 0 Å². The average molecular weight is 466 g/mol. The van der Waals surface area contributed by atoms with Crippen LogP contribution < -0.4 is 14.8 Å². The van der Waals surface area contributed by atoms with E-state index in [1.807, 2.05) is 49.4 Å². The highest BCUT2D eigenvalue weighted by molar-refractivity contribution is 6.42. The molecule has 0 bridgehead atoms. The molecule has 4 rings (SSSR count). The summed E-state index contributed by atoms with van der Waals surface area (Å²) in [6.07, 6.45) is 0. The Hall–Kier alpha value is -3.21. The van der Waals surface area contributed by atoms with Crippen LogP contribution in [-0.2, 0) is 6.61 Å². The molecular formula is C26H21Cl2NO3. The summed E-state index contributed by atoms with van der Waals surface area (Å²) in [5.74, 6) is 1.19. The van der Waals surface area contributed by atoms with Gasteiger partial charge in [0.15, 0.2) is 0 Å². The summed E-state index contributed by atoms with van der Waals surface area (Å²) in [6, 6.07) is 24.2. The zero-order chi connectivity index (χ0) is 22.5. The molecule has 0 saturated carbocycles. The van der Waals surface area contributed by atoms with Crippen molar-refractivity contribution in [2.45, 2.75) is 13.5 Å². The van der Waals surface area contributed by atoms with Gasteiger partial charge in [-0.3, -0.25) is 4.79 Å². The molecule has 0 unspecified atom stereocenters. The fourth-order valence-electron chi connectivity index (χ4n) is 3.38. The Morgan fingerprint density at radius 3 is 2.47 bits per heavy atom. The van der Waals surface area contributed by atoms with Crippen LogP contribution in [-0.4, -0.2) is 12.5 Å². The minimum absolute atomic E-state index is 0.261. The lowest BCUT2D eigenvalue weighted by Gasteiger charge is -2.14. The number of carbonyl (C=O) groups excluding carboxylic acids is 1. The number of anilines is 1. The third-order valence-corrected chi connectivity index (χ3v) is 5.67. The number of hydrogen-bond acceptors (Lipinski definition) is 3. The standard InChI is InChI=1S/C26H21Cl2NO3/c1-2-31-24-13-10-18(26(30)29-20-11-12-22(27)23(28)15-20)14-19(24)16-32-25-9-5-7-17-6-3-4-8-21(17)25/h3-15H,2,16H2,1H3,(H,29,30). The van der Waals surface area contributed by atoms with Crippen LogP contribution in [0.2, 0.25) is 10.0 Å². The molecule has 6 heteroatoms. The van der Waals surface area contributed by atoms with Crippen LogP contribution in [0, 0.1) is 0 Å². The first kappa shape index (κ1) is 22.0. The van der Waals surface area contributed by atoms with E-state index in [0.717, 1.165) is 22.1 Å². The predicted octanol–water partition coefficient (Wildman–Crippen LogP) is 7.38. The summed E-state index contributed by atoms with van der Waals surface area (Å²) in [5, 5.41) is 5.77. The molecule has 1 amide bonds. The quantitative estimate of drug-likeness (QED) is 0.309. The second kappa shape index (κ2) is 9.94. The second-order valence-electron chi connectivity index (χ2n) is 7.10. The number of halogens is 2.